The molecule has 0 aromatic rings. The van der Waals surface area contributed by atoms with Crippen LogP contribution in [0.25, 0.3) is 0 Å². The highest BCUT2D eigenvalue weighted by molar-refractivity contribution is 7.86. The molecule has 1 unspecified atom stereocenters. The number of hydrogen-bond acceptors (Lipinski definition) is 9. The summed E-state index contributed by atoms with van der Waals surface area (Å²) in [5, 5.41) is 0. The molecule has 0 spiro atoms. The molecule has 11 heteroatoms. The van der Waals surface area contributed by atoms with Gasteiger partial charge >= 0.3 is 0 Å². The predicted molar refractivity (Wildman–Crippen MR) is 82.3 cm³/mol. The minimum Gasteiger partial charge on any atom is -0.348 e. The van der Waals surface area contributed by atoms with Gasteiger partial charge in [0, 0.05) is 0 Å². The predicted octanol–water partition coefficient (Wildman–Crippen LogP) is 0.834. The molecule has 3 rings (SSSR count). The van der Waals surface area contributed by atoms with Crippen molar-refractivity contribution in [3.63, 3.8) is 0 Å². The molecule has 9 nitrogen and oxygen atoms in total. The second-order valence-electron chi connectivity index (χ2n) is 7.05. The van der Waals surface area contributed by atoms with Crippen LogP contribution in [0.15, 0.2) is 0 Å². The molecule has 6 atom stereocenters. The highest BCUT2D eigenvalue weighted by atomic mass is 32.2. The third kappa shape index (κ3) is 3.86. The van der Waals surface area contributed by atoms with Gasteiger partial charge in [0.1, 0.15) is 24.4 Å². The van der Waals surface area contributed by atoms with Crippen molar-refractivity contribution in [2.45, 2.75) is 69.5 Å². The summed E-state index contributed by atoms with van der Waals surface area (Å²) in [5.41, 5.74) is 0. The van der Waals surface area contributed by atoms with E-state index in [-0.39, 0.29) is 6.61 Å². The van der Waals surface area contributed by atoms with E-state index in [1.54, 1.807) is 27.7 Å². The highest BCUT2D eigenvalue weighted by Gasteiger charge is 2.59. The van der Waals surface area contributed by atoms with Crippen molar-refractivity contribution in [2.24, 2.45) is 0 Å². The van der Waals surface area contributed by atoms with E-state index in [1.807, 2.05) is 0 Å². The van der Waals surface area contributed by atoms with E-state index >= 15 is 0 Å². The van der Waals surface area contributed by atoms with Gasteiger partial charge in [0.25, 0.3) is 10.1 Å². The normalized spacial score (nSPS) is 44.4. The third-order valence-corrected chi connectivity index (χ3v) is 6.09. The lowest BCUT2D eigenvalue weighted by Crippen LogP contribution is -2.53. The van der Waals surface area contributed by atoms with Crippen molar-refractivity contribution in [3.8, 4) is 0 Å². The van der Waals surface area contributed by atoms with Crippen molar-refractivity contribution < 1.29 is 40.6 Å². The van der Waals surface area contributed by atoms with Crippen LogP contribution in [0.3, 0.4) is 0 Å². The van der Waals surface area contributed by atoms with Crippen LogP contribution in [0.5, 0.6) is 0 Å². The lowest BCUT2D eigenvalue weighted by atomic mass is 10.0. The minimum atomic E-state index is -3.83. The van der Waals surface area contributed by atoms with Crippen LogP contribution in [0, 0.1) is 0 Å². The van der Waals surface area contributed by atoms with E-state index in [0.29, 0.717) is 0 Å². The molecule has 0 saturated carbocycles. The molecule has 0 radical (unpaired) electrons. The summed E-state index contributed by atoms with van der Waals surface area (Å²) < 4.78 is 68.9. The lowest BCUT2D eigenvalue weighted by molar-refractivity contribution is -0.173. The molecule has 0 aromatic heterocycles. The van der Waals surface area contributed by atoms with Gasteiger partial charge in [-0.3, -0.25) is 8.75 Å². The van der Waals surface area contributed by atoms with Gasteiger partial charge in [0.15, 0.2) is 17.4 Å². The summed E-state index contributed by atoms with van der Waals surface area (Å²) in [4.78, 5) is 0. The zero-order valence-electron chi connectivity index (χ0n) is 14.2. The maximum absolute atomic E-state index is 12.5. The van der Waals surface area contributed by atoms with Gasteiger partial charge in [0.2, 0.25) is 8.03 Å². The van der Waals surface area contributed by atoms with Gasteiger partial charge in [-0.05, 0) is 27.7 Å². The Morgan fingerprint density at radius 3 is 2.17 bits per heavy atom. The average molecular weight is 386 g/mol. The van der Waals surface area contributed by atoms with Crippen LogP contribution < -0.4 is 0 Å². The fourth-order valence-corrected chi connectivity index (χ4v) is 5.69. The van der Waals surface area contributed by atoms with Crippen molar-refractivity contribution in [1.29, 1.82) is 0 Å². The molecule has 3 aliphatic rings. The van der Waals surface area contributed by atoms with Crippen LogP contribution in [-0.4, -0.2) is 63.1 Å². The first-order valence-corrected chi connectivity index (χ1v) is 10.8. The van der Waals surface area contributed by atoms with E-state index < -0.39 is 60.0 Å². The minimum absolute atomic E-state index is 0.247. The number of fused-ring (bicyclic) bond motifs is 1. The molecule has 0 aromatic carbocycles. The van der Waals surface area contributed by atoms with Gasteiger partial charge in [-0.25, -0.2) is 0 Å². The van der Waals surface area contributed by atoms with Crippen molar-refractivity contribution in [3.05, 3.63) is 0 Å². The molecule has 0 amide bonds. The fraction of sp³-hybridized carbons (Fsp3) is 1.00. The Morgan fingerprint density at radius 1 is 1.00 bits per heavy atom. The number of hydrogen-bond donors (Lipinski definition) is 0. The van der Waals surface area contributed by atoms with Gasteiger partial charge in [0.05, 0.1) is 12.9 Å². The Kier molecular flexibility index (Phi) is 4.67. The SMILES string of the molecule is CC1(C)O[C@H]2[C@@H]([C@H]3COC(C)(C)O3)O[PH](=O)[C@@H](OS(C)(=O)=O)[C@H]2O1. The van der Waals surface area contributed by atoms with Crippen LogP contribution in [0.1, 0.15) is 27.7 Å². The Balaban J connectivity index is 1.86. The Labute approximate surface area is 141 Å². The third-order valence-electron chi connectivity index (χ3n) is 3.95. The van der Waals surface area contributed by atoms with Crippen LogP contribution >= 0.6 is 8.03 Å². The molecule has 24 heavy (non-hydrogen) atoms. The van der Waals surface area contributed by atoms with Gasteiger partial charge < -0.3 is 23.5 Å². The molecule has 3 fully saturated rings. The summed E-state index contributed by atoms with van der Waals surface area (Å²) in [6, 6.07) is 0. The first-order chi connectivity index (χ1) is 10.9. The highest BCUT2D eigenvalue weighted by Crippen LogP contribution is 2.50. The summed E-state index contributed by atoms with van der Waals surface area (Å²) in [6.45, 7) is 7.15. The van der Waals surface area contributed by atoms with Crippen molar-refractivity contribution in [2.75, 3.05) is 12.9 Å². The topological polar surface area (TPSA) is 107 Å². The smallest absolute Gasteiger partial charge is 0.265 e. The van der Waals surface area contributed by atoms with E-state index in [4.69, 9.17) is 27.7 Å². The van der Waals surface area contributed by atoms with Crippen LogP contribution in [0.2, 0.25) is 0 Å². The van der Waals surface area contributed by atoms with Gasteiger partial charge in [-0.1, -0.05) is 0 Å². The van der Waals surface area contributed by atoms with E-state index in [9.17, 15) is 13.0 Å². The zero-order valence-corrected chi connectivity index (χ0v) is 16.0. The van der Waals surface area contributed by atoms with Gasteiger partial charge in [-0.15, -0.1) is 0 Å². The maximum Gasteiger partial charge on any atom is 0.265 e. The molecule has 3 heterocycles. The van der Waals surface area contributed by atoms with Gasteiger partial charge in [-0.2, -0.15) is 8.42 Å². The lowest BCUT2D eigenvalue weighted by Gasteiger charge is -2.37. The molecule has 0 N–H and O–H groups in total. The second kappa shape index (κ2) is 5.99. The number of ether oxygens (including phenoxy) is 4. The largest absolute Gasteiger partial charge is 0.348 e. The Hall–Kier alpha value is -0.0600. The van der Waals surface area contributed by atoms with Crippen LogP contribution in [-0.2, 0) is 42.3 Å². The van der Waals surface area contributed by atoms with Crippen molar-refractivity contribution >= 4 is 18.1 Å². The van der Waals surface area contributed by atoms with E-state index in [2.05, 4.69) is 0 Å². The summed E-state index contributed by atoms with van der Waals surface area (Å²) >= 11 is 0. The Bertz CT molecular complexity index is 631. The van der Waals surface area contributed by atoms with Crippen molar-refractivity contribution in [1.82, 2.24) is 0 Å². The van der Waals surface area contributed by atoms with E-state index in [1.165, 1.54) is 0 Å². The fourth-order valence-electron chi connectivity index (χ4n) is 3.15. The molecule has 3 aliphatic heterocycles. The molecular formula is C13H23O9PS. The van der Waals surface area contributed by atoms with Crippen LogP contribution in [0.4, 0.5) is 0 Å². The molecule has 0 aliphatic carbocycles. The molecule has 140 valence electrons. The maximum atomic E-state index is 12.5. The molecule has 0 bridgehead atoms. The first-order valence-electron chi connectivity index (χ1n) is 7.63. The average Bonchev–Trinajstić information content (AvgIpc) is 2.90. The summed E-state index contributed by atoms with van der Waals surface area (Å²) in [7, 11) is -6.71. The summed E-state index contributed by atoms with van der Waals surface area (Å²) in [5.74, 6) is -3.00. The second-order valence-corrected chi connectivity index (χ2v) is 10.1. The summed E-state index contributed by atoms with van der Waals surface area (Å²) in [6.07, 6.45) is -1.84. The standard InChI is InChI=1S/C13H23O9PS/c1-12(2)17-6-7(18-12)8-9-10(20-13(3,4)19-9)11(23(14)21-8)22-24(5,15)16/h7-11,23H,6H2,1-5H3/t7-,8-,9+,10+,11-/m1/s1. The van der Waals surface area contributed by atoms with E-state index in [0.717, 1.165) is 6.26 Å². The molecular weight excluding hydrogens is 363 g/mol. The monoisotopic (exact) mass is 386 g/mol. The number of rotatable bonds is 3. The Morgan fingerprint density at radius 2 is 1.62 bits per heavy atom. The quantitative estimate of drug-likeness (QED) is 0.515. The molecule has 3 saturated heterocycles. The zero-order chi connectivity index (χ0) is 17.9. The first kappa shape index (κ1) is 18.7.